The van der Waals surface area contributed by atoms with E-state index in [1.807, 2.05) is 7.11 Å². The van der Waals surface area contributed by atoms with Crippen molar-refractivity contribution in [2.75, 3.05) is 7.11 Å². The zero-order valence-electron chi connectivity index (χ0n) is 21.5. The molecule has 0 aliphatic carbocycles. The fraction of sp³-hybridized carbons (Fsp3) is 0.400. The van der Waals surface area contributed by atoms with Crippen molar-refractivity contribution >= 4 is 31.8 Å². The molecule has 0 N–H and O–H groups in total. The van der Waals surface area contributed by atoms with Gasteiger partial charge in [0.25, 0.3) is 0 Å². The van der Waals surface area contributed by atoms with Crippen LogP contribution in [0.5, 0.6) is 0 Å². The quantitative estimate of drug-likeness (QED) is 0.302. The summed E-state index contributed by atoms with van der Waals surface area (Å²) >= 11 is 0. The third-order valence-electron chi connectivity index (χ3n) is 6.12. The molecule has 3 aromatic carbocycles. The maximum absolute atomic E-state index is 6.35. The van der Waals surface area contributed by atoms with Crippen molar-refractivity contribution in [2.24, 2.45) is 0 Å². The maximum atomic E-state index is 6.35. The summed E-state index contributed by atoms with van der Waals surface area (Å²) in [5.74, 6) is 0.126. The molecule has 0 unspecified atom stereocenters. The molecule has 1 nitrogen and oxygen atoms in total. The normalized spacial score (nSPS) is 13.3. The highest BCUT2D eigenvalue weighted by Gasteiger charge is 2.33. The molecule has 0 spiro atoms. The molecule has 0 radical (unpaired) electrons. The molecule has 0 heterocycles. The van der Waals surface area contributed by atoms with Crippen LogP contribution in [0, 0.1) is 0 Å². The highest BCUT2D eigenvalue weighted by atomic mass is 31.1. The van der Waals surface area contributed by atoms with E-state index in [0.717, 1.165) is 0 Å². The topological polar surface area (TPSA) is 9.23 Å². The van der Waals surface area contributed by atoms with Gasteiger partial charge in [-0.25, -0.2) is 0 Å². The van der Waals surface area contributed by atoms with Crippen LogP contribution in [-0.2, 0) is 10.2 Å². The largest absolute Gasteiger partial charge is 0.372 e. The van der Waals surface area contributed by atoms with Crippen LogP contribution in [0.15, 0.2) is 78.9 Å². The van der Waals surface area contributed by atoms with Crippen molar-refractivity contribution < 1.29 is 4.74 Å². The fourth-order valence-electron chi connectivity index (χ4n) is 4.54. The van der Waals surface area contributed by atoms with Crippen LogP contribution >= 0.6 is 15.8 Å². The summed E-state index contributed by atoms with van der Waals surface area (Å²) in [6.07, 6.45) is 0. The molecule has 3 heteroatoms. The van der Waals surface area contributed by atoms with Crippen molar-refractivity contribution in [3.05, 3.63) is 90.0 Å². The molecule has 0 saturated carbocycles. The number of benzene rings is 3. The molecule has 0 aliphatic heterocycles. The Balaban J connectivity index is 2.32. The van der Waals surface area contributed by atoms with Crippen LogP contribution in [0.1, 0.15) is 65.4 Å². The highest BCUT2D eigenvalue weighted by molar-refractivity contribution is 7.80. The number of methoxy groups -OCH3 is 1. The predicted octanol–water partition coefficient (Wildman–Crippen LogP) is 7.69. The lowest BCUT2D eigenvalue weighted by Gasteiger charge is -2.36. The van der Waals surface area contributed by atoms with E-state index in [1.54, 1.807) is 0 Å². The van der Waals surface area contributed by atoms with Crippen molar-refractivity contribution in [3.63, 3.8) is 0 Å². The van der Waals surface area contributed by atoms with Gasteiger partial charge in [-0.05, 0) is 57.8 Å². The zero-order chi connectivity index (χ0) is 24.2. The maximum Gasteiger partial charge on any atom is 0.102 e. The lowest BCUT2D eigenvalue weighted by Crippen LogP contribution is -2.27. The van der Waals surface area contributed by atoms with Gasteiger partial charge in [0.05, 0.1) is 0 Å². The summed E-state index contributed by atoms with van der Waals surface area (Å²) in [5, 5.41) is 4.22. The fourth-order valence-corrected chi connectivity index (χ4v) is 10.2. The van der Waals surface area contributed by atoms with Crippen LogP contribution in [0.2, 0.25) is 0 Å². The van der Waals surface area contributed by atoms with Gasteiger partial charge >= 0.3 is 0 Å². The van der Waals surface area contributed by atoms with Gasteiger partial charge in [-0.2, -0.15) is 0 Å². The van der Waals surface area contributed by atoms with E-state index in [4.69, 9.17) is 4.74 Å². The van der Waals surface area contributed by atoms with Gasteiger partial charge in [0.1, 0.15) is 5.85 Å². The number of hydrogen-bond donors (Lipinski definition) is 0. The first-order chi connectivity index (χ1) is 15.6. The van der Waals surface area contributed by atoms with E-state index >= 15 is 0 Å². The summed E-state index contributed by atoms with van der Waals surface area (Å²) < 4.78 is 6.35. The summed E-state index contributed by atoms with van der Waals surface area (Å²) in [7, 11) is 0.854. The Morgan fingerprint density at radius 1 is 0.697 bits per heavy atom. The monoisotopic (exact) mass is 478 g/mol. The molecule has 1 atom stereocenters. The van der Waals surface area contributed by atoms with Crippen LogP contribution < -0.4 is 15.9 Å². The molecule has 33 heavy (non-hydrogen) atoms. The van der Waals surface area contributed by atoms with E-state index in [2.05, 4.69) is 127 Å². The third kappa shape index (κ3) is 6.14. The second kappa shape index (κ2) is 11.3. The Labute approximate surface area is 204 Å². The Morgan fingerprint density at radius 2 is 1.18 bits per heavy atom. The highest BCUT2D eigenvalue weighted by Crippen LogP contribution is 2.59. The molecule has 0 aliphatic rings. The van der Waals surface area contributed by atoms with Gasteiger partial charge in [0.15, 0.2) is 0 Å². The van der Waals surface area contributed by atoms with Crippen LogP contribution in [0.25, 0.3) is 0 Å². The average molecular weight is 479 g/mol. The van der Waals surface area contributed by atoms with E-state index in [1.165, 1.54) is 27.0 Å². The second-order valence-electron chi connectivity index (χ2n) is 10.3. The number of rotatable bonds is 8. The Morgan fingerprint density at radius 3 is 1.58 bits per heavy atom. The van der Waals surface area contributed by atoms with Gasteiger partial charge in [-0.15, -0.1) is 0 Å². The van der Waals surface area contributed by atoms with Crippen molar-refractivity contribution in [2.45, 2.75) is 71.0 Å². The van der Waals surface area contributed by atoms with Crippen LogP contribution in [0.3, 0.4) is 0 Å². The molecule has 3 aromatic rings. The standard InChI is InChI=1S/C30H40OP2/c1-22(2)32(23(3)4)29(31-8)27-20-19-24(30(5,6)7)21-28(27)33(25-15-11-9-12-16-25)26-17-13-10-14-18-26/h9-23,29H,1-8H3/t29-/m1/s1. The first-order valence-electron chi connectivity index (χ1n) is 12.0. The zero-order valence-corrected chi connectivity index (χ0v) is 23.3. The van der Waals surface area contributed by atoms with E-state index < -0.39 is 7.92 Å². The Hall–Kier alpha value is -1.52. The average Bonchev–Trinajstić information content (AvgIpc) is 2.78. The molecule has 3 rings (SSSR count). The minimum atomic E-state index is -0.701. The molecule has 176 valence electrons. The lowest BCUT2D eigenvalue weighted by molar-refractivity contribution is 0.170. The minimum absolute atomic E-state index is 0.0884. The molecular formula is C30H40OP2. The van der Waals surface area contributed by atoms with E-state index in [-0.39, 0.29) is 19.2 Å². The van der Waals surface area contributed by atoms with Crippen molar-refractivity contribution in [1.82, 2.24) is 0 Å². The SMILES string of the molecule is CO[C@@H](c1ccc(C(C)(C)C)cc1P(c1ccccc1)c1ccccc1)P(C(C)C)C(C)C. The molecule has 0 amide bonds. The first-order valence-corrected chi connectivity index (χ1v) is 14.9. The first kappa shape index (κ1) is 26.1. The summed E-state index contributed by atoms with van der Waals surface area (Å²) in [6.45, 7) is 16.4. The van der Waals surface area contributed by atoms with E-state index in [0.29, 0.717) is 11.3 Å². The number of hydrogen-bond acceptors (Lipinski definition) is 1. The molecular weight excluding hydrogens is 438 g/mol. The van der Waals surface area contributed by atoms with Gasteiger partial charge in [-0.3, -0.25) is 0 Å². The van der Waals surface area contributed by atoms with E-state index in [9.17, 15) is 0 Å². The van der Waals surface area contributed by atoms with Crippen molar-refractivity contribution in [1.29, 1.82) is 0 Å². The smallest absolute Gasteiger partial charge is 0.102 e. The molecule has 0 aromatic heterocycles. The van der Waals surface area contributed by atoms with Gasteiger partial charge < -0.3 is 4.74 Å². The van der Waals surface area contributed by atoms with Gasteiger partial charge in [0.2, 0.25) is 0 Å². The number of ether oxygens (including phenoxy) is 1. The van der Waals surface area contributed by atoms with Gasteiger partial charge in [0, 0.05) is 7.11 Å². The molecule has 0 saturated heterocycles. The van der Waals surface area contributed by atoms with Crippen molar-refractivity contribution in [3.8, 4) is 0 Å². The summed E-state index contributed by atoms with van der Waals surface area (Å²) in [5.41, 5.74) is 4.04. The van der Waals surface area contributed by atoms with Crippen LogP contribution in [0.4, 0.5) is 0 Å². The Bertz CT molecular complexity index is 959. The summed E-state index contributed by atoms with van der Waals surface area (Å²) in [6, 6.07) is 29.3. The molecule has 0 fully saturated rings. The Kier molecular flexibility index (Phi) is 8.91. The molecule has 0 bridgehead atoms. The lowest BCUT2D eigenvalue weighted by atomic mass is 9.86. The second-order valence-corrected chi connectivity index (χ2v) is 15.9. The third-order valence-corrected chi connectivity index (χ3v) is 12.0. The van der Waals surface area contributed by atoms with Gasteiger partial charge in [-0.1, -0.05) is 129 Å². The van der Waals surface area contributed by atoms with Crippen LogP contribution in [-0.4, -0.2) is 18.4 Å². The predicted molar refractivity (Wildman–Crippen MR) is 151 cm³/mol. The summed E-state index contributed by atoms with van der Waals surface area (Å²) in [4.78, 5) is 0. The minimum Gasteiger partial charge on any atom is -0.372 e.